The highest BCUT2D eigenvalue weighted by molar-refractivity contribution is 5.92. The Morgan fingerprint density at radius 1 is 0.250 bits per heavy atom. The van der Waals surface area contributed by atoms with Gasteiger partial charge >= 0.3 is 0 Å². The van der Waals surface area contributed by atoms with E-state index < -0.39 is 5.41 Å². The van der Waals surface area contributed by atoms with Crippen LogP contribution in [0.25, 0.3) is 33.4 Å². The van der Waals surface area contributed by atoms with Crippen molar-refractivity contribution in [2.75, 3.05) is 9.80 Å². The van der Waals surface area contributed by atoms with Gasteiger partial charge in [0.15, 0.2) is 0 Å². The second kappa shape index (κ2) is 15.5. The molecule has 3 heteroatoms. The molecule has 302 valence electrons. The SMILES string of the molecule is c1ccc(N(c2ccccc2)c2ccc(-c3ccc4c(c3)C3(c5ccccc5Oc5ccccc53)c3cc(-c5ccc(N(c6ccccc6)c6ccccc6)cc5)ccc3-4)cc2)cc1. The Hall–Kier alpha value is -8.40. The van der Waals surface area contributed by atoms with Crippen molar-refractivity contribution in [2.45, 2.75) is 5.41 Å². The largest absolute Gasteiger partial charge is 0.457 e. The molecule has 10 aromatic carbocycles. The van der Waals surface area contributed by atoms with Crippen LogP contribution in [0.15, 0.2) is 255 Å². The van der Waals surface area contributed by atoms with Crippen molar-refractivity contribution in [3.05, 3.63) is 277 Å². The molecule has 0 unspecified atom stereocenters. The molecule has 3 nitrogen and oxygen atoms in total. The van der Waals surface area contributed by atoms with Gasteiger partial charge in [0, 0.05) is 45.3 Å². The minimum absolute atomic E-state index is 0.614. The van der Waals surface area contributed by atoms with Crippen LogP contribution in [0, 0.1) is 0 Å². The van der Waals surface area contributed by atoms with Crippen molar-refractivity contribution in [3.63, 3.8) is 0 Å². The number of hydrogen-bond acceptors (Lipinski definition) is 3. The van der Waals surface area contributed by atoms with Crippen LogP contribution in [-0.2, 0) is 5.41 Å². The summed E-state index contributed by atoms with van der Waals surface area (Å²) in [5, 5.41) is 0. The maximum Gasteiger partial charge on any atom is 0.132 e. The van der Waals surface area contributed by atoms with Crippen molar-refractivity contribution in [2.24, 2.45) is 0 Å². The lowest BCUT2D eigenvalue weighted by molar-refractivity contribution is 0.436. The Labute approximate surface area is 374 Å². The summed E-state index contributed by atoms with van der Waals surface area (Å²) in [4.78, 5) is 4.61. The number of benzene rings is 10. The third-order valence-corrected chi connectivity index (χ3v) is 12.9. The van der Waals surface area contributed by atoms with E-state index in [1.54, 1.807) is 0 Å². The first-order valence-electron chi connectivity index (χ1n) is 21.9. The average Bonchev–Trinajstić information content (AvgIpc) is 3.65. The highest BCUT2D eigenvalue weighted by atomic mass is 16.5. The fraction of sp³-hybridized carbons (Fsp3) is 0.0164. The minimum Gasteiger partial charge on any atom is -0.457 e. The van der Waals surface area contributed by atoms with E-state index in [4.69, 9.17) is 4.74 Å². The number of anilines is 6. The molecule has 0 aromatic heterocycles. The third-order valence-electron chi connectivity index (χ3n) is 12.9. The van der Waals surface area contributed by atoms with Crippen LogP contribution in [0.4, 0.5) is 34.1 Å². The number of hydrogen-bond donors (Lipinski definition) is 0. The van der Waals surface area contributed by atoms with Gasteiger partial charge < -0.3 is 14.5 Å². The molecule has 1 aliphatic carbocycles. The van der Waals surface area contributed by atoms with Crippen molar-refractivity contribution in [1.82, 2.24) is 0 Å². The molecule has 0 saturated heterocycles. The first kappa shape index (κ1) is 37.4. The average molecular weight is 819 g/mol. The molecule has 0 saturated carbocycles. The van der Waals surface area contributed by atoms with Crippen LogP contribution >= 0.6 is 0 Å². The molecule has 1 spiro atoms. The molecular weight excluding hydrogens is 777 g/mol. The molecule has 64 heavy (non-hydrogen) atoms. The highest BCUT2D eigenvalue weighted by Crippen LogP contribution is 2.63. The van der Waals surface area contributed by atoms with Gasteiger partial charge in [0.25, 0.3) is 0 Å². The first-order chi connectivity index (χ1) is 31.7. The van der Waals surface area contributed by atoms with E-state index >= 15 is 0 Å². The summed E-state index contributed by atoms with van der Waals surface area (Å²) >= 11 is 0. The van der Waals surface area contributed by atoms with E-state index in [1.807, 2.05) is 0 Å². The van der Waals surface area contributed by atoms with E-state index in [0.717, 1.165) is 67.9 Å². The predicted octanol–water partition coefficient (Wildman–Crippen LogP) is 16.4. The van der Waals surface area contributed by atoms with Gasteiger partial charge in [-0.15, -0.1) is 0 Å². The maximum absolute atomic E-state index is 6.73. The van der Waals surface area contributed by atoms with E-state index in [-0.39, 0.29) is 0 Å². The summed E-state index contributed by atoms with van der Waals surface area (Å²) in [6.07, 6.45) is 0. The number of para-hydroxylation sites is 6. The van der Waals surface area contributed by atoms with Crippen LogP contribution in [0.5, 0.6) is 11.5 Å². The summed E-state index contributed by atoms with van der Waals surface area (Å²) in [5.41, 5.74) is 18.0. The van der Waals surface area contributed by atoms with Gasteiger partial charge in [0.2, 0.25) is 0 Å². The Balaban J connectivity index is 0.986. The van der Waals surface area contributed by atoms with Gasteiger partial charge in [-0.3, -0.25) is 0 Å². The molecule has 0 radical (unpaired) electrons. The second-order valence-corrected chi connectivity index (χ2v) is 16.5. The smallest absolute Gasteiger partial charge is 0.132 e. The zero-order valence-electron chi connectivity index (χ0n) is 35.1. The molecule has 0 amide bonds. The predicted molar refractivity (Wildman–Crippen MR) is 264 cm³/mol. The van der Waals surface area contributed by atoms with E-state index in [2.05, 4.69) is 265 Å². The molecular formula is C61H42N2O. The molecule has 0 atom stereocenters. The molecule has 0 N–H and O–H groups in total. The van der Waals surface area contributed by atoms with Gasteiger partial charge in [-0.25, -0.2) is 0 Å². The van der Waals surface area contributed by atoms with Crippen LogP contribution in [0.1, 0.15) is 22.3 Å². The molecule has 0 bridgehead atoms. The first-order valence-corrected chi connectivity index (χ1v) is 21.9. The quantitative estimate of drug-likeness (QED) is 0.152. The van der Waals surface area contributed by atoms with Gasteiger partial charge in [-0.2, -0.15) is 0 Å². The Morgan fingerprint density at radius 3 is 0.906 bits per heavy atom. The van der Waals surface area contributed by atoms with E-state index in [1.165, 1.54) is 33.4 Å². The number of fused-ring (bicyclic) bond motifs is 9. The Kier molecular flexibility index (Phi) is 9.05. The summed E-state index contributed by atoms with van der Waals surface area (Å²) < 4.78 is 6.73. The summed E-state index contributed by atoms with van der Waals surface area (Å²) in [7, 11) is 0. The van der Waals surface area contributed by atoms with Gasteiger partial charge in [-0.05, 0) is 142 Å². The van der Waals surface area contributed by atoms with E-state index in [0.29, 0.717) is 0 Å². The van der Waals surface area contributed by atoms with Crippen molar-refractivity contribution in [1.29, 1.82) is 0 Å². The monoisotopic (exact) mass is 818 g/mol. The molecule has 10 aromatic rings. The lowest BCUT2D eigenvalue weighted by Gasteiger charge is -2.39. The molecule has 1 heterocycles. The second-order valence-electron chi connectivity index (χ2n) is 16.5. The zero-order chi connectivity index (χ0) is 42.5. The number of rotatable bonds is 8. The summed E-state index contributed by atoms with van der Waals surface area (Å²) in [6, 6.07) is 91.6. The van der Waals surface area contributed by atoms with Crippen LogP contribution in [0.2, 0.25) is 0 Å². The molecule has 0 fully saturated rings. The maximum atomic E-state index is 6.73. The van der Waals surface area contributed by atoms with E-state index in [9.17, 15) is 0 Å². The van der Waals surface area contributed by atoms with Gasteiger partial charge in [0.05, 0.1) is 5.41 Å². The Bertz CT molecular complexity index is 2970. The number of nitrogens with zero attached hydrogens (tertiary/aromatic N) is 2. The topological polar surface area (TPSA) is 15.7 Å². The van der Waals surface area contributed by atoms with Gasteiger partial charge in [-0.1, -0.05) is 158 Å². The van der Waals surface area contributed by atoms with Crippen LogP contribution in [-0.4, -0.2) is 0 Å². The fourth-order valence-electron chi connectivity index (χ4n) is 10.1. The minimum atomic E-state index is -0.614. The van der Waals surface area contributed by atoms with Crippen LogP contribution < -0.4 is 14.5 Å². The number of ether oxygens (including phenoxy) is 1. The summed E-state index contributed by atoms with van der Waals surface area (Å²) in [6.45, 7) is 0. The molecule has 12 rings (SSSR count). The summed E-state index contributed by atoms with van der Waals surface area (Å²) in [5.74, 6) is 1.77. The normalized spacial score (nSPS) is 12.6. The lowest BCUT2D eigenvalue weighted by Crippen LogP contribution is -2.32. The fourth-order valence-corrected chi connectivity index (χ4v) is 10.1. The molecule has 2 aliphatic rings. The van der Waals surface area contributed by atoms with Crippen molar-refractivity contribution >= 4 is 34.1 Å². The third kappa shape index (κ3) is 6.13. The standard InChI is InChI=1S/C61H42N2O/c1-5-17-47(18-6-1)62(48-19-7-2-8-20-48)51-35-29-43(30-36-51)45-33-39-53-54-40-34-46(44-31-37-52(38-32-44)63(49-21-9-3-10-22-49)50-23-11-4-12-24-50)42-58(54)61(57(53)41-45)55-25-13-15-27-59(55)64-60-28-16-14-26-56(60)61/h1-42H. The zero-order valence-corrected chi connectivity index (χ0v) is 35.1. The van der Waals surface area contributed by atoms with Crippen molar-refractivity contribution < 1.29 is 4.74 Å². The Morgan fingerprint density at radius 2 is 0.547 bits per heavy atom. The van der Waals surface area contributed by atoms with Crippen LogP contribution in [0.3, 0.4) is 0 Å². The van der Waals surface area contributed by atoms with Crippen molar-refractivity contribution in [3.8, 4) is 44.9 Å². The van der Waals surface area contributed by atoms with Gasteiger partial charge in [0.1, 0.15) is 11.5 Å². The highest BCUT2D eigenvalue weighted by Gasteiger charge is 2.51. The lowest BCUT2D eigenvalue weighted by atomic mass is 9.65. The molecule has 1 aliphatic heterocycles.